The number of nitrogen functional groups attached to an aromatic ring is 1. The van der Waals surface area contributed by atoms with Crippen LogP contribution in [0, 0.1) is 11.7 Å². The molecular formula is C11H14BrFN2O3S. The number of sulfonamides is 1. The Labute approximate surface area is 119 Å². The summed E-state index contributed by atoms with van der Waals surface area (Å²) in [6.45, 7) is 0.411. The van der Waals surface area contributed by atoms with E-state index in [2.05, 4.69) is 15.9 Å². The van der Waals surface area contributed by atoms with E-state index in [1.54, 1.807) is 0 Å². The molecule has 1 aromatic carbocycles. The average Bonchev–Trinajstić information content (AvgIpc) is 2.83. The van der Waals surface area contributed by atoms with Crippen LogP contribution < -0.4 is 5.73 Å². The summed E-state index contributed by atoms with van der Waals surface area (Å²) >= 11 is 3.04. The molecule has 0 amide bonds. The van der Waals surface area contributed by atoms with E-state index < -0.39 is 20.7 Å². The van der Waals surface area contributed by atoms with Crippen molar-refractivity contribution in [1.29, 1.82) is 0 Å². The molecule has 0 bridgehead atoms. The van der Waals surface area contributed by atoms with Crippen LogP contribution in [0.1, 0.15) is 6.42 Å². The minimum Gasteiger partial charge on any atom is -0.398 e. The van der Waals surface area contributed by atoms with Gasteiger partial charge in [0.1, 0.15) is 10.7 Å². The maximum absolute atomic E-state index is 13.8. The van der Waals surface area contributed by atoms with Crippen molar-refractivity contribution in [2.45, 2.75) is 11.3 Å². The van der Waals surface area contributed by atoms with E-state index in [1.807, 2.05) is 0 Å². The predicted molar refractivity (Wildman–Crippen MR) is 72.5 cm³/mol. The molecule has 5 nitrogen and oxygen atoms in total. The van der Waals surface area contributed by atoms with Crippen LogP contribution in [0.2, 0.25) is 0 Å². The van der Waals surface area contributed by atoms with E-state index in [1.165, 1.54) is 4.31 Å². The van der Waals surface area contributed by atoms with Gasteiger partial charge in [-0.25, -0.2) is 12.8 Å². The third kappa shape index (κ3) is 2.76. The molecule has 0 aromatic heterocycles. The minimum atomic E-state index is -3.91. The molecule has 1 aliphatic heterocycles. The monoisotopic (exact) mass is 352 g/mol. The fraction of sp³-hybridized carbons (Fsp3) is 0.455. The zero-order valence-electron chi connectivity index (χ0n) is 10.0. The molecular weight excluding hydrogens is 339 g/mol. The highest BCUT2D eigenvalue weighted by Gasteiger charge is 2.34. The van der Waals surface area contributed by atoms with Gasteiger partial charge in [0.05, 0.1) is 0 Å². The molecule has 0 spiro atoms. The van der Waals surface area contributed by atoms with Crippen LogP contribution in [-0.2, 0) is 10.0 Å². The summed E-state index contributed by atoms with van der Waals surface area (Å²) < 4.78 is 39.9. The normalized spacial score (nSPS) is 20.9. The molecule has 0 aliphatic carbocycles. The van der Waals surface area contributed by atoms with E-state index in [4.69, 9.17) is 10.8 Å². The van der Waals surface area contributed by atoms with Crippen molar-refractivity contribution in [3.8, 4) is 0 Å². The van der Waals surface area contributed by atoms with Gasteiger partial charge in [-0.1, -0.05) is 0 Å². The van der Waals surface area contributed by atoms with Gasteiger partial charge in [-0.05, 0) is 40.4 Å². The molecule has 8 heteroatoms. The first kappa shape index (κ1) is 14.7. The van der Waals surface area contributed by atoms with Gasteiger partial charge in [0, 0.05) is 29.9 Å². The number of aliphatic hydroxyl groups excluding tert-OH is 1. The molecule has 0 radical (unpaired) electrons. The van der Waals surface area contributed by atoms with Crippen molar-refractivity contribution in [3.63, 3.8) is 0 Å². The number of nitrogens with two attached hydrogens (primary N) is 1. The van der Waals surface area contributed by atoms with E-state index in [0.29, 0.717) is 10.9 Å². The van der Waals surface area contributed by atoms with Gasteiger partial charge in [-0.15, -0.1) is 0 Å². The fourth-order valence-electron chi connectivity index (χ4n) is 2.05. The zero-order valence-corrected chi connectivity index (χ0v) is 12.4. The number of benzene rings is 1. The topological polar surface area (TPSA) is 83.6 Å². The highest BCUT2D eigenvalue weighted by atomic mass is 79.9. The minimum absolute atomic E-state index is 0.0724. The number of rotatable bonds is 3. The Morgan fingerprint density at radius 3 is 2.79 bits per heavy atom. The Kier molecular flexibility index (Phi) is 4.14. The quantitative estimate of drug-likeness (QED) is 0.800. The largest absolute Gasteiger partial charge is 0.398 e. The van der Waals surface area contributed by atoms with E-state index in [-0.39, 0.29) is 31.3 Å². The SMILES string of the molecule is Nc1cc(S(=O)(=O)N2CCC(CO)C2)c(F)cc1Br. The van der Waals surface area contributed by atoms with Crippen LogP contribution in [0.25, 0.3) is 0 Å². The number of aliphatic hydroxyl groups is 1. The Morgan fingerprint density at radius 1 is 1.53 bits per heavy atom. The highest BCUT2D eigenvalue weighted by molar-refractivity contribution is 9.10. The molecule has 1 fully saturated rings. The van der Waals surface area contributed by atoms with Crippen LogP contribution in [0.15, 0.2) is 21.5 Å². The summed E-state index contributed by atoms with van der Waals surface area (Å²) in [5.41, 5.74) is 5.77. The molecule has 1 atom stereocenters. The summed E-state index contributed by atoms with van der Waals surface area (Å²) in [6.07, 6.45) is 0.573. The molecule has 3 N–H and O–H groups in total. The molecule has 1 heterocycles. The summed E-state index contributed by atoms with van der Waals surface area (Å²) in [6, 6.07) is 2.16. The summed E-state index contributed by atoms with van der Waals surface area (Å²) in [4.78, 5) is -0.424. The lowest BCUT2D eigenvalue weighted by molar-refractivity contribution is 0.233. The first-order valence-corrected chi connectivity index (χ1v) is 7.95. The van der Waals surface area contributed by atoms with Crippen LogP contribution >= 0.6 is 15.9 Å². The molecule has 2 rings (SSSR count). The van der Waals surface area contributed by atoms with Crippen molar-refractivity contribution in [3.05, 3.63) is 22.4 Å². The molecule has 1 aromatic rings. The standard InChI is InChI=1S/C11H14BrFN2O3S/c12-8-3-9(13)11(4-10(8)14)19(17,18)15-2-1-7(5-15)6-16/h3-4,7,16H,1-2,5-6,14H2. The number of anilines is 1. The lowest BCUT2D eigenvalue weighted by Crippen LogP contribution is -2.30. The van der Waals surface area contributed by atoms with Crippen molar-refractivity contribution in [1.82, 2.24) is 4.31 Å². The molecule has 19 heavy (non-hydrogen) atoms. The Bertz CT molecular complexity index is 594. The van der Waals surface area contributed by atoms with Gasteiger partial charge >= 0.3 is 0 Å². The van der Waals surface area contributed by atoms with Crippen molar-refractivity contribution >= 4 is 31.6 Å². The third-order valence-corrected chi connectivity index (χ3v) is 5.74. The molecule has 0 saturated carbocycles. The molecule has 1 saturated heterocycles. The fourth-order valence-corrected chi connectivity index (χ4v) is 3.97. The van der Waals surface area contributed by atoms with Gasteiger partial charge in [0.2, 0.25) is 10.0 Å². The summed E-state index contributed by atoms with van der Waals surface area (Å²) in [5, 5.41) is 9.03. The third-order valence-electron chi connectivity index (χ3n) is 3.18. The van der Waals surface area contributed by atoms with Gasteiger partial charge in [0.25, 0.3) is 0 Å². The number of halogens is 2. The molecule has 1 aliphatic rings. The average molecular weight is 353 g/mol. The maximum Gasteiger partial charge on any atom is 0.246 e. The van der Waals surface area contributed by atoms with Crippen LogP contribution in [0.3, 0.4) is 0 Å². The van der Waals surface area contributed by atoms with Gasteiger partial charge in [0.15, 0.2) is 0 Å². The zero-order chi connectivity index (χ0) is 14.2. The van der Waals surface area contributed by atoms with Gasteiger partial charge in [-0.3, -0.25) is 0 Å². The number of hydrogen-bond donors (Lipinski definition) is 2. The summed E-state index contributed by atoms with van der Waals surface area (Å²) in [7, 11) is -3.91. The molecule has 1 unspecified atom stereocenters. The Balaban J connectivity index is 2.38. The van der Waals surface area contributed by atoms with Crippen molar-refractivity contribution in [2.24, 2.45) is 5.92 Å². The van der Waals surface area contributed by atoms with Crippen LogP contribution in [0.4, 0.5) is 10.1 Å². The van der Waals surface area contributed by atoms with Gasteiger partial charge in [-0.2, -0.15) is 4.31 Å². The predicted octanol–water partition coefficient (Wildman–Crippen LogP) is 1.17. The highest BCUT2D eigenvalue weighted by Crippen LogP contribution is 2.30. The number of hydrogen-bond acceptors (Lipinski definition) is 4. The van der Waals surface area contributed by atoms with Crippen molar-refractivity contribution in [2.75, 3.05) is 25.4 Å². The second-order valence-electron chi connectivity index (χ2n) is 4.50. The Morgan fingerprint density at radius 2 is 2.21 bits per heavy atom. The van der Waals surface area contributed by atoms with E-state index >= 15 is 0 Å². The summed E-state index contributed by atoms with van der Waals surface area (Å²) in [5.74, 6) is -0.931. The maximum atomic E-state index is 13.8. The second kappa shape index (κ2) is 5.35. The first-order chi connectivity index (χ1) is 8.86. The van der Waals surface area contributed by atoms with Gasteiger partial charge < -0.3 is 10.8 Å². The molecule has 106 valence electrons. The lowest BCUT2D eigenvalue weighted by Gasteiger charge is -2.17. The van der Waals surface area contributed by atoms with Crippen LogP contribution in [0.5, 0.6) is 0 Å². The smallest absolute Gasteiger partial charge is 0.246 e. The lowest BCUT2D eigenvalue weighted by atomic mass is 10.1. The second-order valence-corrected chi connectivity index (χ2v) is 7.27. The Hall–Kier alpha value is -0.700. The first-order valence-electron chi connectivity index (χ1n) is 5.71. The van der Waals surface area contributed by atoms with E-state index in [9.17, 15) is 12.8 Å². The van der Waals surface area contributed by atoms with E-state index in [0.717, 1.165) is 12.1 Å². The number of nitrogens with zero attached hydrogens (tertiary/aromatic N) is 1. The van der Waals surface area contributed by atoms with Crippen LogP contribution in [-0.4, -0.2) is 37.5 Å². The van der Waals surface area contributed by atoms with Crippen molar-refractivity contribution < 1.29 is 17.9 Å².